The van der Waals surface area contributed by atoms with Gasteiger partial charge in [-0.3, -0.25) is 4.79 Å². The zero-order valence-corrected chi connectivity index (χ0v) is 11.4. The third kappa shape index (κ3) is 3.66. The van der Waals surface area contributed by atoms with Crippen molar-refractivity contribution >= 4 is 27.5 Å². The second kappa shape index (κ2) is 5.87. The topological polar surface area (TPSA) is 81.7 Å². The highest BCUT2D eigenvalue weighted by atomic mass is 35.5. The minimum absolute atomic E-state index is 0.0386. The summed E-state index contributed by atoms with van der Waals surface area (Å²) in [5.74, 6) is -0.750. The Bertz CT molecular complexity index is 568. The van der Waals surface area contributed by atoms with Crippen LogP contribution in [0.1, 0.15) is 0 Å². The molecule has 0 bridgehead atoms. The van der Waals surface area contributed by atoms with Gasteiger partial charge in [0.2, 0.25) is 0 Å². The molecule has 1 N–H and O–H groups in total. The molecule has 0 spiro atoms. The maximum absolute atomic E-state index is 12.0. The quantitative estimate of drug-likeness (QED) is 0.882. The molecule has 6 nitrogen and oxygen atoms in total. The molecule has 1 atom stereocenters. The molecular formula is C11H12ClNO5S. The minimum atomic E-state index is -3.95. The van der Waals surface area contributed by atoms with Crippen LogP contribution >= 0.6 is 11.6 Å². The van der Waals surface area contributed by atoms with Crippen LogP contribution in [0.4, 0.5) is 0 Å². The number of sulfonamides is 1. The summed E-state index contributed by atoms with van der Waals surface area (Å²) in [6, 6.07) is 5.64. The fourth-order valence-electron chi connectivity index (χ4n) is 1.53. The number of amides is 1. The Morgan fingerprint density at radius 3 is 2.79 bits per heavy atom. The van der Waals surface area contributed by atoms with E-state index in [4.69, 9.17) is 21.1 Å². The van der Waals surface area contributed by atoms with Crippen molar-refractivity contribution in [3.63, 3.8) is 0 Å². The molecule has 8 heteroatoms. The summed E-state index contributed by atoms with van der Waals surface area (Å²) >= 11 is 5.71. The predicted octanol–water partition coefficient (Wildman–Crippen LogP) is 0.560. The van der Waals surface area contributed by atoms with Crippen molar-refractivity contribution in [1.29, 1.82) is 0 Å². The summed E-state index contributed by atoms with van der Waals surface area (Å²) < 4.78 is 36.0. The van der Waals surface area contributed by atoms with E-state index in [-0.39, 0.29) is 23.1 Å². The summed E-state index contributed by atoms with van der Waals surface area (Å²) in [4.78, 5) is 11.7. The Morgan fingerprint density at radius 1 is 1.37 bits per heavy atom. The first-order chi connectivity index (χ1) is 8.99. The number of carbonyl (C=O) groups is 1. The summed E-state index contributed by atoms with van der Waals surface area (Å²) in [6.45, 7) is 0.691. The van der Waals surface area contributed by atoms with Gasteiger partial charge in [-0.25, -0.2) is 13.1 Å². The van der Waals surface area contributed by atoms with Crippen LogP contribution in [0.25, 0.3) is 0 Å². The van der Waals surface area contributed by atoms with E-state index >= 15 is 0 Å². The lowest BCUT2D eigenvalue weighted by molar-refractivity contribution is -0.145. The zero-order chi connectivity index (χ0) is 13.9. The first kappa shape index (κ1) is 14.3. The molecule has 1 amide bonds. The number of ether oxygens (including phenoxy) is 2. The van der Waals surface area contributed by atoms with Crippen LogP contribution in [0.5, 0.6) is 0 Å². The first-order valence-electron chi connectivity index (χ1n) is 5.50. The Balaban J connectivity index is 2.10. The molecule has 1 heterocycles. The number of rotatable bonds is 3. The van der Waals surface area contributed by atoms with E-state index in [0.717, 1.165) is 0 Å². The summed E-state index contributed by atoms with van der Waals surface area (Å²) in [5.41, 5.74) is 0. The van der Waals surface area contributed by atoms with E-state index in [1.54, 1.807) is 6.07 Å². The molecule has 0 saturated carbocycles. The highest BCUT2D eigenvalue weighted by Crippen LogP contribution is 2.15. The monoisotopic (exact) mass is 305 g/mol. The lowest BCUT2D eigenvalue weighted by Crippen LogP contribution is -2.44. The molecule has 0 radical (unpaired) electrons. The van der Waals surface area contributed by atoms with Crippen molar-refractivity contribution in [2.75, 3.05) is 19.8 Å². The normalized spacial score (nSPS) is 19.9. The molecule has 1 aliphatic heterocycles. The van der Waals surface area contributed by atoms with Gasteiger partial charge in [-0.15, -0.1) is 0 Å². The van der Waals surface area contributed by atoms with E-state index in [9.17, 15) is 13.2 Å². The highest BCUT2D eigenvalue weighted by Gasteiger charge is 2.27. The first-order valence-corrected chi connectivity index (χ1v) is 7.37. The number of benzene rings is 1. The fraction of sp³-hybridized carbons (Fsp3) is 0.364. The Labute approximate surface area is 115 Å². The molecular weight excluding hydrogens is 294 g/mol. The van der Waals surface area contributed by atoms with Gasteiger partial charge in [0.1, 0.15) is 0 Å². The number of nitrogens with one attached hydrogen (secondary N) is 1. The van der Waals surface area contributed by atoms with Crippen molar-refractivity contribution in [3.8, 4) is 0 Å². The van der Waals surface area contributed by atoms with Gasteiger partial charge >= 0.3 is 0 Å². The van der Waals surface area contributed by atoms with Crippen molar-refractivity contribution in [2.24, 2.45) is 0 Å². The molecule has 0 unspecified atom stereocenters. The largest absolute Gasteiger partial charge is 0.376 e. The average Bonchev–Trinajstić information content (AvgIpc) is 2.39. The van der Waals surface area contributed by atoms with Crippen LogP contribution in [0.2, 0.25) is 5.02 Å². The lowest BCUT2D eigenvalue weighted by atomic mass is 10.3. The lowest BCUT2D eigenvalue weighted by Gasteiger charge is -2.21. The highest BCUT2D eigenvalue weighted by molar-refractivity contribution is 7.90. The molecule has 104 valence electrons. The van der Waals surface area contributed by atoms with Gasteiger partial charge in [0.25, 0.3) is 15.9 Å². The van der Waals surface area contributed by atoms with Gasteiger partial charge in [-0.05, 0) is 18.2 Å². The third-order valence-corrected chi connectivity index (χ3v) is 4.03. The van der Waals surface area contributed by atoms with Gasteiger partial charge in [0.15, 0.2) is 6.10 Å². The molecule has 19 heavy (non-hydrogen) atoms. The zero-order valence-electron chi connectivity index (χ0n) is 9.84. The number of halogens is 1. The average molecular weight is 306 g/mol. The molecule has 1 aromatic carbocycles. The molecule has 0 aromatic heterocycles. The van der Waals surface area contributed by atoms with Crippen LogP contribution in [0.3, 0.4) is 0 Å². The van der Waals surface area contributed by atoms with Crippen molar-refractivity contribution in [1.82, 2.24) is 4.72 Å². The molecule has 1 aromatic rings. The van der Waals surface area contributed by atoms with Gasteiger partial charge in [-0.1, -0.05) is 17.7 Å². The predicted molar refractivity (Wildman–Crippen MR) is 67.3 cm³/mol. The van der Waals surface area contributed by atoms with E-state index in [2.05, 4.69) is 0 Å². The maximum Gasteiger partial charge on any atom is 0.265 e. The SMILES string of the molecule is O=C(NS(=O)(=O)c1cccc(Cl)c1)[C@H]1COCCO1. The van der Waals surface area contributed by atoms with Crippen LogP contribution in [0.15, 0.2) is 29.2 Å². The van der Waals surface area contributed by atoms with Gasteiger partial charge in [0.05, 0.1) is 24.7 Å². The Kier molecular flexibility index (Phi) is 4.41. The maximum atomic E-state index is 12.0. The van der Waals surface area contributed by atoms with Gasteiger partial charge < -0.3 is 9.47 Å². The van der Waals surface area contributed by atoms with Crippen molar-refractivity contribution in [2.45, 2.75) is 11.0 Å². The molecule has 1 aliphatic rings. The second-order valence-corrected chi connectivity index (χ2v) is 5.98. The van der Waals surface area contributed by atoms with E-state index in [1.165, 1.54) is 18.2 Å². The van der Waals surface area contributed by atoms with Crippen LogP contribution < -0.4 is 4.72 Å². The third-order valence-electron chi connectivity index (χ3n) is 2.45. The molecule has 0 aliphatic carbocycles. The number of carbonyl (C=O) groups excluding carboxylic acids is 1. The summed E-state index contributed by atoms with van der Waals surface area (Å²) in [5, 5.41) is 0.271. The van der Waals surface area contributed by atoms with Gasteiger partial charge in [-0.2, -0.15) is 0 Å². The van der Waals surface area contributed by atoms with Crippen LogP contribution in [-0.2, 0) is 24.3 Å². The van der Waals surface area contributed by atoms with E-state index < -0.39 is 22.0 Å². The van der Waals surface area contributed by atoms with Crippen molar-refractivity contribution < 1.29 is 22.7 Å². The Hall–Kier alpha value is -1.15. The van der Waals surface area contributed by atoms with Gasteiger partial charge in [0, 0.05) is 5.02 Å². The van der Waals surface area contributed by atoms with Crippen LogP contribution in [-0.4, -0.2) is 40.2 Å². The fourth-order valence-corrected chi connectivity index (χ4v) is 2.84. The smallest absolute Gasteiger partial charge is 0.265 e. The number of hydrogen-bond donors (Lipinski definition) is 1. The second-order valence-electron chi connectivity index (χ2n) is 3.86. The minimum Gasteiger partial charge on any atom is -0.376 e. The molecule has 1 fully saturated rings. The standard InChI is InChI=1S/C11H12ClNO5S/c12-8-2-1-3-9(6-8)19(15,16)13-11(14)10-7-17-4-5-18-10/h1-3,6,10H,4-5,7H2,(H,13,14)/t10-/m1/s1. The summed E-state index contributed by atoms with van der Waals surface area (Å²) in [6.07, 6.45) is -0.914. The van der Waals surface area contributed by atoms with E-state index in [1.807, 2.05) is 4.72 Å². The molecule has 1 saturated heterocycles. The Morgan fingerprint density at radius 2 is 2.16 bits per heavy atom. The summed E-state index contributed by atoms with van der Waals surface area (Å²) in [7, 11) is -3.95. The van der Waals surface area contributed by atoms with Crippen molar-refractivity contribution in [3.05, 3.63) is 29.3 Å². The van der Waals surface area contributed by atoms with Crippen LogP contribution in [0, 0.1) is 0 Å². The van der Waals surface area contributed by atoms with E-state index in [0.29, 0.717) is 6.61 Å². The molecule has 2 rings (SSSR count). The number of hydrogen-bond acceptors (Lipinski definition) is 5.